The number of hydrogen-bond acceptors (Lipinski definition) is 2. The van der Waals surface area contributed by atoms with Gasteiger partial charge in [0.05, 0.1) is 12.2 Å². The fourth-order valence-corrected chi connectivity index (χ4v) is 0.934. The number of anilines is 1. The first kappa shape index (κ1) is 10.5. The second kappa shape index (κ2) is 4.60. The van der Waals surface area contributed by atoms with E-state index >= 15 is 0 Å². The smallest absolute Gasteiger partial charge is 0.241 e. The van der Waals surface area contributed by atoms with Crippen molar-refractivity contribution >= 4 is 11.6 Å². The third-order valence-corrected chi connectivity index (χ3v) is 1.80. The maximum Gasteiger partial charge on any atom is 0.241 e. The van der Waals surface area contributed by atoms with Crippen molar-refractivity contribution in [1.82, 2.24) is 4.90 Å². The highest BCUT2D eigenvalue weighted by Gasteiger charge is 2.05. The van der Waals surface area contributed by atoms with Gasteiger partial charge in [-0.25, -0.2) is 4.39 Å². The summed E-state index contributed by atoms with van der Waals surface area (Å²) in [6, 6.07) is 6.26. The molecule has 0 unspecified atom stereocenters. The summed E-state index contributed by atoms with van der Waals surface area (Å²) in [6.45, 7) is 0.105. The van der Waals surface area contributed by atoms with E-state index in [1.165, 1.54) is 11.0 Å². The summed E-state index contributed by atoms with van der Waals surface area (Å²) in [6.07, 6.45) is 0. The molecule has 1 amide bonds. The lowest BCUT2D eigenvalue weighted by Gasteiger charge is -2.11. The lowest BCUT2D eigenvalue weighted by atomic mass is 10.3. The Bertz CT molecular complexity index is 326. The summed E-state index contributed by atoms with van der Waals surface area (Å²) in [7, 11) is 3.32. The summed E-state index contributed by atoms with van der Waals surface area (Å²) in [4.78, 5) is 12.6. The maximum absolute atomic E-state index is 13.1. The molecule has 4 heteroatoms. The molecule has 0 atom stereocenters. The monoisotopic (exact) mass is 196 g/mol. The standard InChI is InChI=1S/C10H13FN2O/c1-13(2)10(14)7-12-9-6-4-3-5-8(9)11/h3-6,12H,7H2,1-2H3. The topological polar surface area (TPSA) is 32.3 Å². The van der Waals surface area contributed by atoms with Crippen LogP contribution in [-0.4, -0.2) is 31.4 Å². The second-order valence-corrected chi connectivity index (χ2v) is 3.12. The molecule has 1 aromatic carbocycles. The lowest BCUT2D eigenvalue weighted by molar-refractivity contribution is -0.126. The summed E-state index contributed by atoms with van der Waals surface area (Å²) in [5.41, 5.74) is 0.350. The van der Waals surface area contributed by atoms with Crippen LogP contribution in [-0.2, 0) is 4.79 Å². The molecule has 1 rings (SSSR count). The van der Waals surface area contributed by atoms with Crippen LogP contribution in [0.15, 0.2) is 24.3 Å². The summed E-state index contributed by atoms with van der Waals surface area (Å²) >= 11 is 0. The summed E-state index contributed by atoms with van der Waals surface area (Å²) < 4.78 is 13.1. The first-order chi connectivity index (χ1) is 6.61. The Hall–Kier alpha value is -1.58. The van der Waals surface area contributed by atoms with Crippen molar-refractivity contribution in [2.45, 2.75) is 0 Å². The number of carbonyl (C=O) groups excluding carboxylic acids is 1. The van der Waals surface area contributed by atoms with Crippen LogP contribution in [0.25, 0.3) is 0 Å². The average Bonchev–Trinajstić information content (AvgIpc) is 2.16. The molecule has 0 heterocycles. The predicted octanol–water partition coefficient (Wildman–Crippen LogP) is 1.33. The molecular formula is C10H13FN2O. The normalized spacial score (nSPS) is 9.64. The number of amides is 1. The fourth-order valence-electron chi connectivity index (χ4n) is 0.934. The number of benzene rings is 1. The molecule has 0 saturated heterocycles. The van der Waals surface area contributed by atoms with E-state index in [0.717, 1.165) is 0 Å². The zero-order valence-corrected chi connectivity index (χ0v) is 8.25. The van der Waals surface area contributed by atoms with Gasteiger partial charge in [-0.05, 0) is 12.1 Å². The molecule has 1 aromatic rings. The van der Waals surface area contributed by atoms with Gasteiger partial charge in [0.1, 0.15) is 5.82 Å². The Kier molecular flexibility index (Phi) is 3.45. The second-order valence-electron chi connectivity index (χ2n) is 3.12. The van der Waals surface area contributed by atoms with Crippen LogP contribution in [0.1, 0.15) is 0 Å². The van der Waals surface area contributed by atoms with Crippen LogP contribution < -0.4 is 5.32 Å². The van der Waals surface area contributed by atoms with Gasteiger partial charge in [-0.3, -0.25) is 4.79 Å². The highest BCUT2D eigenvalue weighted by molar-refractivity contribution is 5.80. The van der Waals surface area contributed by atoms with Gasteiger partial charge in [0, 0.05) is 14.1 Å². The van der Waals surface area contributed by atoms with Crippen LogP contribution in [0.5, 0.6) is 0 Å². The number of likely N-dealkylation sites (N-methyl/N-ethyl adjacent to an activating group) is 1. The number of rotatable bonds is 3. The van der Waals surface area contributed by atoms with E-state index in [9.17, 15) is 9.18 Å². The first-order valence-corrected chi connectivity index (χ1v) is 4.30. The Balaban J connectivity index is 2.54. The average molecular weight is 196 g/mol. The molecular weight excluding hydrogens is 183 g/mol. The molecule has 0 aliphatic rings. The molecule has 0 aromatic heterocycles. The van der Waals surface area contributed by atoms with E-state index in [1.54, 1.807) is 32.3 Å². The SMILES string of the molecule is CN(C)C(=O)CNc1ccccc1F. The van der Waals surface area contributed by atoms with Gasteiger partial charge in [0.2, 0.25) is 5.91 Å². The van der Waals surface area contributed by atoms with Gasteiger partial charge in [-0.15, -0.1) is 0 Å². The van der Waals surface area contributed by atoms with Gasteiger partial charge >= 0.3 is 0 Å². The Morgan fingerprint density at radius 3 is 2.64 bits per heavy atom. The summed E-state index contributed by atoms with van der Waals surface area (Å²) in [5.74, 6) is -0.438. The number of para-hydroxylation sites is 1. The van der Waals surface area contributed by atoms with Crippen molar-refractivity contribution in [1.29, 1.82) is 0 Å². The predicted molar refractivity (Wildman–Crippen MR) is 53.6 cm³/mol. The fraction of sp³-hybridized carbons (Fsp3) is 0.300. The van der Waals surface area contributed by atoms with Crippen molar-refractivity contribution in [2.75, 3.05) is 26.0 Å². The van der Waals surface area contributed by atoms with Gasteiger partial charge < -0.3 is 10.2 Å². The zero-order chi connectivity index (χ0) is 10.6. The van der Waals surface area contributed by atoms with E-state index in [0.29, 0.717) is 5.69 Å². The highest BCUT2D eigenvalue weighted by Crippen LogP contribution is 2.11. The molecule has 76 valence electrons. The Morgan fingerprint density at radius 2 is 2.07 bits per heavy atom. The number of halogens is 1. The molecule has 0 bridgehead atoms. The van der Waals surface area contributed by atoms with Crippen molar-refractivity contribution in [2.24, 2.45) is 0 Å². The Labute approximate surface area is 82.5 Å². The van der Waals surface area contributed by atoms with E-state index < -0.39 is 0 Å². The first-order valence-electron chi connectivity index (χ1n) is 4.30. The van der Waals surface area contributed by atoms with E-state index in [4.69, 9.17) is 0 Å². The van der Waals surface area contributed by atoms with Crippen LogP contribution in [0.4, 0.5) is 10.1 Å². The molecule has 14 heavy (non-hydrogen) atoms. The maximum atomic E-state index is 13.1. The van der Waals surface area contributed by atoms with Gasteiger partial charge in [-0.1, -0.05) is 12.1 Å². The van der Waals surface area contributed by atoms with Crippen molar-refractivity contribution < 1.29 is 9.18 Å². The van der Waals surface area contributed by atoms with Crippen molar-refractivity contribution in [3.05, 3.63) is 30.1 Å². The van der Waals surface area contributed by atoms with E-state index in [1.807, 2.05) is 0 Å². The largest absolute Gasteiger partial charge is 0.374 e. The number of carbonyl (C=O) groups is 1. The quantitative estimate of drug-likeness (QED) is 0.790. The van der Waals surface area contributed by atoms with Gasteiger partial charge in [-0.2, -0.15) is 0 Å². The molecule has 0 aliphatic heterocycles. The lowest BCUT2D eigenvalue weighted by Crippen LogP contribution is -2.28. The molecule has 0 aliphatic carbocycles. The number of nitrogens with one attached hydrogen (secondary N) is 1. The minimum atomic E-state index is -0.348. The molecule has 0 saturated carbocycles. The third kappa shape index (κ3) is 2.73. The molecule has 1 N–H and O–H groups in total. The van der Waals surface area contributed by atoms with Crippen LogP contribution in [0.2, 0.25) is 0 Å². The zero-order valence-electron chi connectivity index (χ0n) is 8.25. The van der Waals surface area contributed by atoms with Crippen LogP contribution in [0, 0.1) is 5.82 Å². The molecule has 0 radical (unpaired) electrons. The van der Waals surface area contributed by atoms with Crippen molar-refractivity contribution in [3.63, 3.8) is 0 Å². The van der Waals surface area contributed by atoms with Crippen LogP contribution >= 0.6 is 0 Å². The minimum absolute atomic E-state index is 0.0896. The molecule has 0 spiro atoms. The molecule has 3 nitrogen and oxygen atoms in total. The number of hydrogen-bond donors (Lipinski definition) is 1. The van der Waals surface area contributed by atoms with Gasteiger partial charge in [0.15, 0.2) is 0 Å². The van der Waals surface area contributed by atoms with Crippen LogP contribution in [0.3, 0.4) is 0 Å². The minimum Gasteiger partial charge on any atom is -0.374 e. The Morgan fingerprint density at radius 1 is 1.43 bits per heavy atom. The number of nitrogens with zero attached hydrogens (tertiary/aromatic N) is 1. The highest BCUT2D eigenvalue weighted by atomic mass is 19.1. The summed E-state index contributed by atoms with van der Waals surface area (Å²) in [5, 5.41) is 2.73. The van der Waals surface area contributed by atoms with Gasteiger partial charge in [0.25, 0.3) is 0 Å². The van der Waals surface area contributed by atoms with E-state index in [2.05, 4.69) is 5.32 Å². The van der Waals surface area contributed by atoms with E-state index in [-0.39, 0.29) is 18.3 Å². The third-order valence-electron chi connectivity index (χ3n) is 1.80. The molecule has 0 fully saturated rings. The van der Waals surface area contributed by atoms with Crippen molar-refractivity contribution in [3.8, 4) is 0 Å².